The molecule has 0 aliphatic rings. The minimum Gasteiger partial charge on any atom is -0.455 e. The molecule has 3 nitrogen and oxygen atoms in total. The first-order valence-corrected chi connectivity index (χ1v) is 17.2. The van der Waals surface area contributed by atoms with Gasteiger partial charge < -0.3 is 4.42 Å². The van der Waals surface area contributed by atoms with Crippen LogP contribution >= 0.6 is 0 Å². The van der Waals surface area contributed by atoms with Crippen LogP contribution in [0, 0.1) is 0 Å². The summed E-state index contributed by atoms with van der Waals surface area (Å²) in [6, 6.07) is 63.8. The van der Waals surface area contributed by atoms with Crippen LogP contribution in [-0.4, -0.2) is 9.97 Å². The van der Waals surface area contributed by atoms with Crippen molar-refractivity contribution >= 4 is 43.5 Å². The highest BCUT2D eigenvalue weighted by molar-refractivity contribution is 6.18. The summed E-state index contributed by atoms with van der Waals surface area (Å²) in [5.41, 5.74) is 10.9. The first-order valence-electron chi connectivity index (χ1n) is 17.2. The largest absolute Gasteiger partial charge is 0.455 e. The lowest BCUT2D eigenvalue weighted by Crippen LogP contribution is -1.96. The van der Waals surface area contributed by atoms with Gasteiger partial charge in [0.05, 0.1) is 11.4 Å². The van der Waals surface area contributed by atoms with E-state index in [0.29, 0.717) is 5.82 Å². The molecule has 0 bridgehead atoms. The Hall–Kier alpha value is -6.84. The Morgan fingerprint density at radius 2 is 0.882 bits per heavy atom. The van der Waals surface area contributed by atoms with Gasteiger partial charge in [0.25, 0.3) is 0 Å². The van der Waals surface area contributed by atoms with Gasteiger partial charge in [-0.15, -0.1) is 0 Å². The fraction of sp³-hybridized carbons (Fsp3) is 0. The van der Waals surface area contributed by atoms with Gasteiger partial charge in [0, 0.05) is 33.0 Å². The minimum absolute atomic E-state index is 0.658. The van der Waals surface area contributed by atoms with Gasteiger partial charge in [-0.05, 0) is 62.5 Å². The lowest BCUT2D eigenvalue weighted by Gasteiger charge is -2.13. The zero-order valence-corrected chi connectivity index (χ0v) is 27.6. The average molecular weight is 651 g/mol. The quantitative estimate of drug-likeness (QED) is 0.186. The molecular formula is C48H30N2O. The van der Waals surface area contributed by atoms with E-state index in [9.17, 15) is 0 Å². The molecule has 0 aliphatic heterocycles. The highest BCUT2D eigenvalue weighted by Gasteiger charge is 2.21. The summed E-state index contributed by atoms with van der Waals surface area (Å²) in [6.07, 6.45) is 0. The second-order valence-corrected chi connectivity index (χ2v) is 12.9. The van der Waals surface area contributed by atoms with E-state index in [-0.39, 0.29) is 0 Å². The van der Waals surface area contributed by atoms with Gasteiger partial charge in [0.2, 0.25) is 0 Å². The van der Waals surface area contributed by atoms with Gasteiger partial charge in [-0.2, -0.15) is 0 Å². The molecule has 0 N–H and O–H groups in total. The van der Waals surface area contributed by atoms with E-state index in [1.54, 1.807) is 0 Å². The molecule has 0 aliphatic carbocycles. The Balaban J connectivity index is 1.30. The molecule has 0 saturated carbocycles. The number of benzene rings is 8. The van der Waals surface area contributed by atoms with E-state index in [2.05, 4.69) is 140 Å². The maximum atomic E-state index is 6.90. The third-order valence-corrected chi connectivity index (χ3v) is 9.88. The molecule has 238 valence electrons. The number of fused-ring (bicyclic) bond motifs is 5. The van der Waals surface area contributed by atoms with Crippen molar-refractivity contribution < 1.29 is 4.42 Å². The lowest BCUT2D eigenvalue weighted by atomic mass is 9.91. The van der Waals surface area contributed by atoms with E-state index in [1.165, 1.54) is 27.1 Å². The van der Waals surface area contributed by atoms with Crippen LogP contribution in [0.4, 0.5) is 0 Å². The molecule has 0 spiro atoms. The summed E-state index contributed by atoms with van der Waals surface area (Å²) >= 11 is 0. The number of nitrogens with zero attached hydrogens (tertiary/aromatic N) is 2. The Labute approximate surface area is 295 Å². The molecular weight excluding hydrogens is 621 g/mol. The van der Waals surface area contributed by atoms with Gasteiger partial charge in [-0.25, -0.2) is 9.97 Å². The molecule has 3 heteroatoms. The summed E-state index contributed by atoms with van der Waals surface area (Å²) in [6.45, 7) is 0. The van der Waals surface area contributed by atoms with Crippen molar-refractivity contribution in [1.82, 2.24) is 9.97 Å². The molecule has 2 heterocycles. The summed E-state index contributed by atoms with van der Waals surface area (Å²) in [5, 5.41) is 6.82. The van der Waals surface area contributed by atoms with Crippen LogP contribution in [0.2, 0.25) is 0 Å². The van der Waals surface area contributed by atoms with Crippen LogP contribution in [0.25, 0.3) is 99.6 Å². The predicted molar refractivity (Wildman–Crippen MR) is 212 cm³/mol. The van der Waals surface area contributed by atoms with Gasteiger partial charge in [-0.1, -0.05) is 158 Å². The predicted octanol–water partition coefficient (Wildman–Crippen LogP) is 13.0. The van der Waals surface area contributed by atoms with E-state index >= 15 is 0 Å². The molecule has 2 aromatic heterocycles. The summed E-state index contributed by atoms with van der Waals surface area (Å²) in [5.74, 6) is 0.658. The zero-order valence-electron chi connectivity index (χ0n) is 27.6. The molecule has 8 aromatic carbocycles. The van der Waals surface area contributed by atoms with Crippen LogP contribution in [0.3, 0.4) is 0 Å². The SMILES string of the molecule is c1ccc(-c2cc(-c3ccccc3)nc(-c3cccc4oc5c(-c6cccc7ccccc67)cc(-c6cccc7ccccc67)cc5c34)n2)cc1. The Bertz CT molecular complexity index is 2840. The van der Waals surface area contributed by atoms with Crippen LogP contribution in [0.15, 0.2) is 186 Å². The summed E-state index contributed by atoms with van der Waals surface area (Å²) in [4.78, 5) is 10.5. The van der Waals surface area contributed by atoms with Gasteiger partial charge in [0.1, 0.15) is 11.2 Å². The van der Waals surface area contributed by atoms with Crippen LogP contribution < -0.4 is 0 Å². The van der Waals surface area contributed by atoms with Crippen molar-refractivity contribution in [1.29, 1.82) is 0 Å². The van der Waals surface area contributed by atoms with Crippen molar-refractivity contribution in [3.63, 3.8) is 0 Å². The van der Waals surface area contributed by atoms with Gasteiger partial charge in [0.15, 0.2) is 5.82 Å². The highest BCUT2D eigenvalue weighted by Crippen LogP contribution is 2.45. The van der Waals surface area contributed by atoms with Crippen LogP contribution in [-0.2, 0) is 0 Å². The number of hydrogen-bond donors (Lipinski definition) is 0. The first kappa shape index (κ1) is 29.1. The molecule has 0 atom stereocenters. The fourth-order valence-electron chi connectivity index (χ4n) is 7.49. The van der Waals surface area contributed by atoms with Gasteiger partial charge in [-0.3, -0.25) is 0 Å². The number of hydrogen-bond acceptors (Lipinski definition) is 3. The minimum atomic E-state index is 0.658. The molecule has 0 saturated heterocycles. The third-order valence-electron chi connectivity index (χ3n) is 9.88. The lowest BCUT2D eigenvalue weighted by molar-refractivity contribution is 0.670. The number of furan rings is 1. The molecule has 10 rings (SSSR count). The van der Waals surface area contributed by atoms with Crippen molar-refractivity contribution in [3.05, 3.63) is 182 Å². The fourth-order valence-corrected chi connectivity index (χ4v) is 7.49. The maximum Gasteiger partial charge on any atom is 0.161 e. The van der Waals surface area contributed by atoms with E-state index in [1.807, 2.05) is 42.5 Å². The number of aromatic nitrogens is 2. The van der Waals surface area contributed by atoms with E-state index in [0.717, 1.165) is 66.7 Å². The van der Waals surface area contributed by atoms with Crippen molar-refractivity contribution in [2.75, 3.05) is 0 Å². The van der Waals surface area contributed by atoms with E-state index < -0.39 is 0 Å². The zero-order chi connectivity index (χ0) is 33.7. The van der Waals surface area contributed by atoms with Gasteiger partial charge >= 0.3 is 0 Å². The standard InChI is InChI=1S/C48H30N2O/c1-3-16-33(17-4-1)43-30-44(34-18-5-2-6-19-34)50-48(49-43)40-26-13-27-45-46(40)42-29-35(38-24-11-20-31-14-7-9-22-36(31)38)28-41(47(42)51-45)39-25-12-21-32-15-8-10-23-37(32)39/h1-30H. The summed E-state index contributed by atoms with van der Waals surface area (Å²) in [7, 11) is 0. The molecule has 0 unspecified atom stereocenters. The topological polar surface area (TPSA) is 38.9 Å². The number of rotatable bonds is 5. The monoisotopic (exact) mass is 650 g/mol. The first-order chi connectivity index (χ1) is 25.3. The molecule has 0 fully saturated rings. The van der Waals surface area contributed by atoms with Crippen molar-refractivity contribution in [3.8, 4) is 56.2 Å². The summed E-state index contributed by atoms with van der Waals surface area (Å²) < 4.78 is 6.90. The van der Waals surface area contributed by atoms with Crippen LogP contribution in [0.5, 0.6) is 0 Å². The Morgan fingerprint density at radius 3 is 1.55 bits per heavy atom. The van der Waals surface area contributed by atoms with Crippen molar-refractivity contribution in [2.45, 2.75) is 0 Å². The average Bonchev–Trinajstić information content (AvgIpc) is 3.59. The van der Waals surface area contributed by atoms with Crippen molar-refractivity contribution in [2.24, 2.45) is 0 Å². The Morgan fingerprint density at radius 1 is 0.353 bits per heavy atom. The van der Waals surface area contributed by atoms with Crippen LogP contribution in [0.1, 0.15) is 0 Å². The second-order valence-electron chi connectivity index (χ2n) is 12.9. The Kier molecular flexibility index (Phi) is 6.81. The smallest absolute Gasteiger partial charge is 0.161 e. The normalized spacial score (nSPS) is 11.5. The second kappa shape index (κ2) is 11.9. The van der Waals surface area contributed by atoms with E-state index in [4.69, 9.17) is 14.4 Å². The molecule has 51 heavy (non-hydrogen) atoms. The molecule has 10 aromatic rings. The highest BCUT2D eigenvalue weighted by atomic mass is 16.3. The molecule has 0 radical (unpaired) electrons. The third kappa shape index (κ3) is 4.98. The maximum absolute atomic E-state index is 6.90. The molecule has 0 amide bonds.